The third-order valence-corrected chi connectivity index (χ3v) is 14.0. The highest BCUT2D eigenvalue weighted by Crippen LogP contribution is 2.18. The van der Waals surface area contributed by atoms with Crippen LogP contribution in [0.2, 0.25) is 0 Å². The van der Waals surface area contributed by atoms with Crippen molar-refractivity contribution in [2.24, 2.45) is 11.8 Å². The van der Waals surface area contributed by atoms with Crippen molar-refractivity contribution in [3.63, 3.8) is 0 Å². The zero-order valence-corrected chi connectivity index (χ0v) is 46.0. The maximum absolute atomic E-state index is 12.9. The van der Waals surface area contributed by atoms with Crippen LogP contribution in [0.15, 0.2) is 0 Å². The summed E-state index contributed by atoms with van der Waals surface area (Å²) in [7, 11) is 0. The van der Waals surface area contributed by atoms with E-state index in [4.69, 9.17) is 14.2 Å². The van der Waals surface area contributed by atoms with Crippen LogP contribution in [0, 0.1) is 11.8 Å². The van der Waals surface area contributed by atoms with Gasteiger partial charge in [0, 0.05) is 19.3 Å². The quantitative estimate of drug-likeness (QED) is 0.0343. The van der Waals surface area contributed by atoms with Crippen molar-refractivity contribution >= 4 is 17.9 Å². The van der Waals surface area contributed by atoms with Crippen LogP contribution >= 0.6 is 0 Å². The van der Waals surface area contributed by atoms with Crippen LogP contribution < -0.4 is 0 Å². The van der Waals surface area contributed by atoms with E-state index in [0.717, 1.165) is 69.6 Å². The summed E-state index contributed by atoms with van der Waals surface area (Å²) < 4.78 is 16.9. The van der Waals surface area contributed by atoms with Gasteiger partial charge in [0.05, 0.1) is 0 Å². The summed E-state index contributed by atoms with van der Waals surface area (Å²) in [6.07, 6.45) is 58.1. The van der Waals surface area contributed by atoms with Gasteiger partial charge in [-0.2, -0.15) is 0 Å². The normalized spacial score (nSPS) is 12.0. The predicted molar refractivity (Wildman–Crippen MR) is 289 cm³/mol. The molecule has 0 aromatic heterocycles. The first-order valence-corrected chi connectivity index (χ1v) is 30.2. The second kappa shape index (κ2) is 53.8. The van der Waals surface area contributed by atoms with Crippen LogP contribution in [0.3, 0.4) is 0 Å². The lowest BCUT2D eigenvalue weighted by Gasteiger charge is -2.18. The molecule has 0 fully saturated rings. The molecule has 0 amide bonds. The predicted octanol–water partition coefficient (Wildman–Crippen LogP) is 20.0. The fourth-order valence-electron chi connectivity index (χ4n) is 9.40. The summed E-state index contributed by atoms with van der Waals surface area (Å²) in [5.41, 5.74) is 0. The summed E-state index contributed by atoms with van der Waals surface area (Å²) in [6, 6.07) is 0. The number of hydrogen-bond donors (Lipinski definition) is 0. The molecule has 1 atom stereocenters. The Hall–Kier alpha value is -1.59. The minimum Gasteiger partial charge on any atom is -0.462 e. The van der Waals surface area contributed by atoms with Crippen molar-refractivity contribution in [1.82, 2.24) is 0 Å². The van der Waals surface area contributed by atoms with Crippen molar-refractivity contribution in [1.29, 1.82) is 0 Å². The zero-order chi connectivity index (χ0) is 48.9. The first-order chi connectivity index (χ1) is 32.7. The Kier molecular flexibility index (Phi) is 52.5. The summed E-state index contributed by atoms with van der Waals surface area (Å²) in [4.78, 5) is 38.2. The van der Waals surface area contributed by atoms with E-state index in [1.807, 2.05) is 0 Å². The van der Waals surface area contributed by atoms with Gasteiger partial charge in [0.2, 0.25) is 0 Å². The Balaban J connectivity index is 4.30. The Bertz CT molecular complexity index is 1020. The number of esters is 3. The van der Waals surface area contributed by atoms with Crippen molar-refractivity contribution in [2.75, 3.05) is 13.2 Å². The highest BCUT2D eigenvalue weighted by molar-refractivity contribution is 5.71. The van der Waals surface area contributed by atoms with E-state index < -0.39 is 6.10 Å². The van der Waals surface area contributed by atoms with Crippen molar-refractivity contribution in [3.05, 3.63) is 0 Å². The van der Waals surface area contributed by atoms with Gasteiger partial charge in [0.15, 0.2) is 6.10 Å². The van der Waals surface area contributed by atoms with Gasteiger partial charge < -0.3 is 14.2 Å². The van der Waals surface area contributed by atoms with Gasteiger partial charge in [-0.25, -0.2) is 0 Å². The topological polar surface area (TPSA) is 78.9 Å². The molecule has 0 aromatic carbocycles. The Morgan fingerprint density at radius 1 is 0.284 bits per heavy atom. The summed E-state index contributed by atoms with van der Waals surface area (Å²) >= 11 is 0. The van der Waals surface area contributed by atoms with Crippen LogP contribution in [0.5, 0.6) is 0 Å². The molecule has 0 radical (unpaired) electrons. The molecule has 67 heavy (non-hydrogen) atoms. The Morgan fingerprint density at radius 2 is 0.493 bits per heavy atom. The minimum atomic E-state index is -0.763. The maximum Gasteiger partial charge on any atom is 0.306 e. The molecule has 0 heterocycles. The molecule has 6 heteroatoms. The van der Waals surface area contributed by atoms with Gasteiger partial charge in [0.25, 0.3) is 0 Å². The van der Waals surface area contributed by atoms with Crippen molar-refractivity contribution < 1.29 is 28.6 Å². The van der Waals surface area contributed by atoms with Crippen LogP contribution in [0.4, 0.5) is 0 Å². The molecule has 0 spiro atoms. The molecule has 6 nitrogen and oxygen atoms in total. The van der Waals surface area contributed by atoms with E-state index in [1.165, 1.54) is 231 Å². The number of rotatable bonds is 55. The Labute approximate surface area is 418 Å². The largest absolute Gasteiger partial charge is 0.462 e. The molecule has 0 N–H and O–H groups in total. The van der Waals surface area contributed by atoms with Gasteiger partial charge in [-0.05, 0) is 31.1 Å². The lowest BCUT2D eigenvalue weighted by atomic mass is 10.0. The molecule has 0 saturated heterocycles. The van der Waals surface area contributed by atoms with E-state index in [0.29, 0.717) is 19.3 Å². The molecule has 398 valence electrons. The van der Waals surface area contributed by atoms with Gasteiger partial charge in [-0.3, -0.25) is 14.4 Å². The van der Waals surface area contributed by atoms with Crippen LogP contribution in [-0.2, 0) is 28.6 Å². The number of ether oxygens (including phenoxy) is 3. The van der Waals surface area contributed by atoms with E-state index in [-0.39, 0.29) is 31.1 Å². The average Bonchev–Trinajstić information content (AvgIpc) is 3.30. The minimum absolute atomic E-state index is 0.0622. The molecule has 0 rings (SSSR count). The molecule has 0 saturated carbocycles. The molecule has 0 bridgehead atoms. The van der Waals surface area contributed by atoms with Gasteiger partial charge in [-0.1, -0.05) is 304 Å². The monoisotopic (exact) mass is 947 g/mol. The average molecular weight is 948 g/mol. The first-order valence-electron chi connectivity index (χ1n) is 30.2. The van der Waals surface area contributed by atoms with E-state index in [2.05, 4.69) is 34.6 Å². The van der Waals surface area contributed by atoms with E-state index >= 15 is 0 Å². The molecule has 0 aromatic rings. The lowest BCUT2D eigenvalue weighted by Crippen LogP contribution is -2.30. The molecule has 0 unspecified atom stereocenters. The van der Waals surface area contributed by atoms with Gasteiger partial charge in [-0.15, -0.1) is 0 Å². The molecular formula is C61H118O6. The highest BCUT2D eigenvalue weighted by atomic mass is 16.6. The van der Waals surface area contributed by atoms with E-state index in [1.54, 1.807) is 0 Å². The third-order valence-electron chi connectivity index (χ3n) is 14.0. The van der Waals surface area contributed by atoms with Crippen LogP contribution in [-0.4, -0.2) is 37.2 Å². The molecular weight excluding hydrogens is 829 g/mol. The van der Waals surface area contributed by atoms with Crippen LogP contribution in [0.25, 0.3) is 0 Å². The Morgan fingerprint density at radius 3 is 0.731 bits per heavy atom. The molecule has 0 aliphatic carbocycles. The second-order valence-electron chi connectivity index (χ2n) is 21.9. The van der Waals surface area contributed by atoms with Gasteiger partial charge in [0.1, 0.15) is 13.2 Å². The zero-order valence-electron chi connectivity index (χ0n) is 46.0. The summed E-state index contributed by atoms with van der Waals surface area (Å²) in [5, 5.41) is 0. The number of hydrogen-bond acceptors (Lipinski definition) is 6. The van der Waals surface area contributed by atoms with Crippen LogP contribution in [0.1, 0.15) is 343 Å². The number of carbonyl (C=O) groups excluding carboxylic acids is 3. The first kappa shape index (κ1) is 65.4. The third kappa shape index (κ3) is 55.2. The molecule has 0 aliphatic rings. The van der Waals surface area contributed by atoms with Crippen molar-refractivity contribution in [2.45, 2.75) is 349 Å². The van der Waals surface area contributed by atoms with Crippen molar-refractivity contribution in [3.8, 4) is 0 Å². The fraction of sp³-hybridized carbons (Fsp3) is 0.951. The smallest absolute Gasteiger partial charge is 0.306 e. The summed E-state index contributed by atoms with van der Waals surface area (Å²) in [5.74, 6) is 0.848. The highest BCUT2D eigenvalue weighted by Gasteiger charge is 2.19. The molecule has 0 aliphatic heterocycles. The standard InChI is InChI=1S/C61H118O6/c1-6-7-8-9-10-11-12-13-14-15-21-26-31-36-41-46-51-59(62)65-54-58(67-61(64)53-48-43-38-33-28-23-18-20-25-30-35-40-45-50-57(4)5)55-66-60(63)52-47-42-37-32-27-22-17-16-19-24-29-34-39-44-49-56(2)3/h56-58H,6-55H2,1-5H3/t58-/m0/s1. The fourth-order valence-corrected chi connectivity index (χ4v) is 9.40. The number of carbonyl (C=O) groups is 3. The van der Waals surface area contributed by atoms with Gasteiger partial charge >= 0.3 is 17.9 Å². The SMILES string of the molecule is CCCCCCCCCCCCCCCCCCC(=O)OC[C@@H](COC(=O)CCCCCCCCCCCCCCCCC(C)C)OC(=O)CCCCCCCCCCCCCCCC(C)C. The summed E-state index contributed by atoms with van der Waals surface area (Å²) in [6.45, 7) is 11.4. The van der Waals surface area contributed by atoms with E-state index in [9.17, 15) is 14.4 Å². The second-order valence-corrected chi connectivity index (χ2v) is 21.9. The maximum atomic E-state index is 12.9. The number of unbranched alkanes of at least 4 members (excludes halogenated alkanes) is 40. The lowest BCUT2D eigenvalue weighted by molar-refractivity contribution is -0.167.